The third kappa shape index (κ3) is 5.35. The van der Waals surface area contributed by atoms with Gasteiger partial charge in [-0.25, -0.2) is 4.98 Å². The van der Waals surface area contributed by atoms with Crippen LogP contribution >= 0.6 is 0 Å². The van der Waals surface area contributed by atoms with E-state index in [1.807, 2.05) is 78.9 Å². The molecule has 1 N–H and O–H groups in total. The lowest BCUT2D eigenvalue weighted by Gasteiger charge is -2.11. The van der Waals surface area contributed by atoms with Crippen molar-refractivity contribution in [2.24, 2.45) is 0 Å². The van der Waals surface area contributed by atoms with Gasteiger partial charge >= 0.3 is 0 Å². The van der Waals surface area contributed by atoms with Crippen LogP contribution in [-0.4, -0.2) is 29.2 Å². The van der Waals surface area contributed by atoms with E-state index in [4.69, 9.17) is 14.5 Å². The third-order valence-electron chi connectivity index (χ3n) is 5.02. The molecule has 0 aliphatic carbocycles. The Morgan fingerprint density at radius 1 is 0.969 bits per heavy atom. The summed E-state index contributed by atoms with van der Waals surface area (Å²) in [5.74, 6) is 2.18. The summed E-state index contributed by atoms with van der Waals surface area (Å²) in [6.45, 7) is 1.41. The van der Waals surface area contributed by atoms with Crippen LogP contribution in [0.4, 0.5) is 0 Å². The lowest BCUT2D eigenvalue weighted by atomic mass is 10.2. The molecule has 4 aromatic rings. The lowest BCUT2D eigenvalue weighted by Crippen LogP contribution is -2.23. The molecular weight excluding hydrogens is 402 g/mol. The molecular formula is C26H25N3O3. The summed E-state index contributed by atoms with van der Waals surface area (Å²) in [7, 11) is 1.64. The van der Waals surface area contributed by atoms with Gasteiger partial charge in [-0.15, -0.1) is 0 Å². The van der Waals surface area contributed by atoms with E-state index in [1.165, 1.54) is 6.08 Å². The number of rotatable bonds is 9. The fraction of sp³-hybridized carbons (Fsp3) is 0.154. The number of benzene rings is 3. The van der Waals surface area contributed by atoms with Crippen molar-refractivity contribution in [1.82, 2.24) is 14.9 Å². The minimum absolute atomic E-state index is 0.165. The van der Waals surface area contributed by atoms with Gasteiger partial charge in [-0.1, -0.05) is 42.5 Å². The number of nitrogens with zero attached hydrogens (tertiary/aromatic N) is 2. The van der Waals surface area contributed by atoms with Gasteiger partial charge in [-0.2, -0.15) is 0 Å². The second-order valence-electron chi connectivity index (χ2n) is 7.15. The Kier molecular flexibility index (Phi) is 6.82. The molecule has 0 saturated carbocycles. The van der Waals surface area contributed by atoms with Crippen LogP contribution in [0.2, 0.25) is 0 Å². The second kappa shape index (κ2) is 10.3. The van der Waals surface area contributed by atoms with Gasteiger partial charge in [0.15, 0.2) is 0 Å². The molecule has 32 heavy (non-hydrogen) atoms. The highest BCUT2D eigenvalue weighted by Gasteiger charge is 2.11. The summed E-state index contributed by atoms with van der Waals surface area (Å²) in [6.07, 6.45) is 3.33. The first-order valence-electron chi connectivity index (χ1n) is 10.4. The minimum atomic E-state index is -0.165. The standard InChI is InChI=1S/C26H25N3O3/c1-31-21-12-14-22(15-13-21)32-18-17-29-24-10-6-5-9-23(24)28-25(29)19-27-26(30)16-11-20-7-3-2-4-8-20/h2-16H,17-19H2,1H3,(H,27,30)/b16-11-. The normalized spacial score (nSPS) is 11.0. The van der Waals surface area contributed by atoms with Crippen molar-refractivity contribution in [2.75, 3.05) is 13.7 Å². The van der Waals surface area contributed by atoms with E-state index in [-0.39, 0.29) is 5.91 Å². The van der Waals surface area contributed by atoms with Crippen LogP contribution < -0.4 is 14.8 Å². The zero-order chi connectivity index (χ0) is 22.2. The van der Waals surface area contributed by atoms with Gasteiger partial charge in [0.25, 0.3) is 0 Å². The van der Waals surface area contributed by atoms with Crippen LogP contribution in [0, 0.1) is 0 Å². The van der Waals surface area contributed by atoms with E-state index in [9.17, 15) is 4.79 Å². The molecule has 0 fully saturated rings. The number of hydrogen-bond acceptors (Lipinski definition) is 4. The van der Waals surface area contributed by atoms with Crippen molar-refractivity contribution in [3.63, 3.8) is 0 Å². The molecule has 0 saturated heterocycles. The maximum atomic E-state index is 12.3. The second-order valence-corrected chi connectivity index (χ2v) is 7.15. The Morgan fingerprint density at radius 3 is 2.47 bits per heavy atom. The number of fused-ring (bicyclic) bond motifs is 1. The number of imidazole rings is 1. The van der Waals surface area contributed by atoms with Crippen LogP contribution in [0.15, 0.2) is 84.9 Å². The highest BCUT2D eigenvalue weighted by atomic mass is 16.5. The highest BCUT2D eigenvalue weighted by molar-refractivity contribution is 5.91. The zero-order valence-electron chi connectivity index (χ0n) is 17.9. The van der Waals surface area contributed by atoms with E-state index in [0.717, 1.165) is 33.9 Å². The lowest BCUT2D eigenvalue weighted by molar-refractivity contribution is -0.116. The molecule has 0 aliphatic heterocycles. The quantitative estimate of drug-likeness (QED) is 0.401. The monoisotopic (exact) mass is 427 g/mol. The Labute approximate surface area is 187 Å². The molecule has 1 aromatic heterocycles. The number of methoxy groups -OCH3 is 1. The topological polar surface area (TPSA) is 65.4 Å². The summed E-state index contributed by atoms with van der Waals surface area (Å²) in [6, 6.07) is 25.1. The highest BCUT2D eigenvalue weighted by Crippen LogP contribution is 2.19. The van der Waals surface area contributed by atoms with E-state index >= 15 is 0 Å². The van der Waals surface area contributed by atoms with Crippen LogP contribution in [-0.2, 0) is 17.9 Å². The first-order chi connectivity index (χ1) is 15.7. The number of hydrogen-bond donors (Lipinski definition) is 1. The van der Waals surface area contributed by atoms with Crippen molar-refractivity contribution in [3.8, 4) is 11.5 Å². The Balaban J connectivity index is 1.41. The van der Waals surface area contributed by atoms with Crippen LogP contribution in [0.5, 0.6) is 11.5 Å². The number of nitrogens with one attached hydrogen (secondary N) is 1. The summed E-state index contributed by atoms with van der Waals surface area (Å²) in [5, 5.41) is 2.93. The van der Waals surface area contributed by atoms with Gasteiger partial charge < -0.3 is 19.4 Å². The number of carbonyl (C=O) groups is 1. The molecule has 0 bridgehead atoms. The smallest absolute Gasteiger partial charge is 0.244 e. The molecule has 4 rings (SSSR count). The summed E-state index contributed by atoms with van der Waals surface area (Å²) in [4.78, 5) is 17.0. The van der Waals surface area contributed by atoms with Gasteiger partial charge in [0.05, 0.1) is 31.2 Å². The molecule has 0 atom stereocenters. The molecule has 1 heterocycles. The first kappa shape index (κ1) is 21.2. The van der Waals surface area contributed by atoms with Crippen molar-refractivity contribution in [1.29, 1.82) is 0 Å². The predicted octanol–water partition coefficient (Wildman–Crippen LogP) is 4.45. The largest absolute Gasteiger partial charge is 0.497 e. The molecule has 0 spiro atoms. The average Bonchev–Trinajstić information content (AvgIpc) is 3.20. The van der Waals surface area contributed by atoms with Gasteiger partial charge in [-0.05, 0) is 48.0 Å². The van der Waals surface area contributed by atoms with Crippen molar-refractivity contribution in [3.05, 3.63) is 96.3 Å². The van der Waals surface area contributed by atoms with Gasteiger partial charge in [0, 0.05) is 6.08 Å². The maximum Gasteiger partial charge on any atom is 0.244 e. The molecule has 162 valence electrons. The molecule has 6 heteroatoms. The van der Waals surface area contributed by atoms with Crippen LogP contribution in [0.1, 0.15) is 11.4 Å². The number of para-hydroxylation sites is 2. The summed E-state index contributed by atoms with van der Waals surface area (Å²) >= 11 is 0. The maximum absolute atomic E-state index is 12.3. The Bertz CT molecular complexity index is 1200. The van der Waals surface area contributed by atoms with Gasteiger partial charge in [-0.3, -0.25) is 4.79 Å². The van der Waals surface area contributed by atoms with Crippen molar-refractivity contribution in [2.45, 2.75) is 13.1 Å². The fourth-order valence-corrected chi connectivity index (χ4v) is 3.40. The fourth-order valence-electron chi connectivity index (χ4n) is 3.40. The summed E-state index contributed by atoms with van der Waals surface area (Å²) < 4.78 is 13.2. The number of aromatic nitrogens is 2. The zero-order valence-corrected chi connectivity index (χ0v) is 17.9. The van der Waals surface area contributed by atoms with E-state index in [0.29, 0.717) is 19.7 Å². The molecule has 1 amide bonds. The number of carbonyl (C=O) groups excluding carboxylic acids is 1. The average molecular weight is 428 g/mol. The molecule has 0 radical (unpaired) electrons. The van der Waals surface area contributed by atoms with Crippen molar-refractivity contribution < 1.29 is 14.3 Å². The predicted molar refractivity (Wildman–Crippen MR) is 126 cm³/mol. The number of ether oxygens (including phenoxy) is 2. The van der Waals surface area contributed by atoms with E-state index in [2.05, 4.69) is 9.88 Å². The molecule has 3 aromatic carbocycles. The van der Waals surface area contributed by atoms with E-state index in [1.54, 1.807) is 13.2 Å². The van der Waals surface area contributed by atoms with Gasteiger partial charge in [0.2, 0.25) is 5.91 Å². The Hall–Kier alpha value is -4.06. The minimum Gasteiger partial charge on any atom is -0.497 e. The summed E-state index contributed by atoms with van der Waals surface area (Å²) in [5.41, 5.74) is 2.88. The van der Waals surface area contributed by atoms with Gasteiger partial charge in [0.1, 0.15) is 23.9 Å². The molecule has 0 unspecified atom stereocenters. The Morgan fingerprint density at radius 2 is 1.69 bits per heavy atom. The first-order valence-corrected chi connectivity index (χ1v) is 10.4. The SMILES string of the molecule is COc1ccc(OCCn2c(CNC(=O)/C=C\c3ccccc3)nc3ccccc32)cc1. The van der Waals surface area contributed by atoms with E-state index < -0.39 is 0 Å². The van der Waals surface area contributed by atoms with Crippen molar-refractivity contribution >= 4 is 23.0 Å². The third-order valence-corrected chi connectivity index (χ3v) is 5.02. The van der Waals surface area contributed by atoms with Crippen LogP contribution in [0.3, 0.4) is 0 Å². The number of amides is 1. The molecule has 0 aliphatic rings. The van der Waals surface area contributed by atoms with Crippen LogP contribution in [0.25, 0.3) is 17.1 Å². The molecule has 6 nitrogen and oxygen atoms in total.